The van der Waals surface area contributed by atoms with E-state index in [-0.39, 0.29) is 0 Å². The molecular formula is C24H12Cl5N3S2. The molecule has 0 spiro atoms. The van der Waals surface area contributed by atoms with Gasteiger partial charge in [0.05, 0.1) is 31.8 Å². The van der Waals surface area contributed by atoms with Crippen LogP contribution < -0.4 is 0 Å². The Hall–Kier alpha value is -1.70. The number of thiazole rings is 1. The zero-order valence-corrected chi connectivity index (χ0v) is 22.4. The molecule has 0 aliphatic carbocycles. The molecule has 5 aromatic rings. The first-order valence-corrected chi connectivity index (χ1v) is 13.3. The van der Waals surface area contributed by atoms with Crippen LogP contribution in [0.5, 0.6) is 0 Å². The lowest BCUT2D eigenvalue weighted by molar-refractivity contribution is 0.877. The van der Waals surface area contributed by atoms with Crippen molar-refractivity contribution in [2.45, 2.75) is 9.10 Å². The van der Waals surface area contributed by atoms with Crippen LogP contribution in [0.2, 0.25) is 25.1 Å². The first-order valence-electron chi connectivity index (χ1n) is 9.78. The fourth-order valence-corrected chi connectivity index (χ4v) is 6.61. The number of aromatic nitrogens is 3. The topological polar surface area (TPSA) is 30.7 Å². The van der Waals surface area contributed by atoms with Crippen LogP contribution in [0.3, 0.4) is 0 Å². The van der Waals surface area contributed by atoms with Crippen molar-refractivity contribution in [2.75, 3.05) is 0 Å². The lowest BCUT2D eigenvalue weighted by Crippen LogP contribution is -1.98. The van der Waals surface area contributed by atoms with E-state index in [0.29, 0.717) is 30.2 Å². The number of hydrogen-bond donors (Lipinski definition) is 0. The first-order chi connectivity index (χ1) is 16.4. The van der Waals surface area contributed by atoms with E-state index in [9.17, 15) is 0 Å². The van der Waals surface area contributed by atoms with Crippen LogP contribution in [0, 0.1) is 0 Å². The molecule has 0 radical (unpaired) electrons. The van der Waals surface area contributed by atoms with Crippen molar-refractivity contribution < 1.29 is 0 Å². The van der Waals surface area contributed by atoms with Crippen LogP contribution in [0.1, 0.15) is 0 Å². The second-order valence-electron chi connectivity index (χ2n) is 7.07. The van der Waals surface area contributed by atoms with Crippen LogP contribution in [-0.2, 0) is 0 Å². The van der Waals surface area contributed by atoms with E-state index in [4.69, 9.17) is 63.0 Å². The Morgan fingerprint density at radius 2 is 1.32 bits per heavy atom. The average Bonchev–Trinajstić information content (AvgIpc) is 3.43. The van der Waals surface area contributed by atoms with Gasteiger partial charge in [-0.15, -0.1) is 0 Å². The van der Waals surface area contributed by atoms with E-state index < -0.39 is 0 Å². The molecule has 0 N–H and O–H groups in total. The minimum Gasteiger partial charge on any atom is -0.217 e. The smallest absolute Gasteiger partial charge is 0.212 e. The third-order valence-corrected chi connectivity index (χ3v) is 8.39. The quantitative estimate of drug-likeness (QED) is 0.206. The third-order valence-electron chi connectivity index (χ3n) is 4.83. The number of nitrogens with zero attached hydrogens (tertiary/aromatic N) is 3. The van der Waals surface area contributed by atoms with Gasteiger partial charge in [0.1, 0.15) is 0 Å². The molecule has 2 heterocycles. The Labute approximate surface area is 229 Å². The van der Waals surface area contributed by atoms with Gasteiger partial charge in [-0.05, 0) is 66.7 Å². The molecule has 0 saturated carbocycles. The van der Waals surface area contributed by atoms with Gasteiger partial charge in [-0.2, -0.15) is 5.10 Å². The molecule has 0 aliphatic heterocycles. The van der Waals surface area contributed by atoms with Gasteiger partial charge in [0.15, 0.2) is 0 Å². The van der Waals surface area contributed by atoms with E-state index in [0.717, 1.165) is 31.6 Å². The Kier molecular flexibility index (Phi) is 7.14. The zero-order valence-electron chi connectivity index (χ0n) is 17.0. The second kappa shape index (κ2) is 10.1. The van der Waals surface area contributed by atoms with Crippen molar-refractivity contribution in [3.8, 4) is 27.6 Å². The number of hydrogen-bond acceptors (Lipinski definition) is 4. The van der Waals surface area contributed by atoms with Gasteiger partial charge in [0.25, 0.3) is 0 Å². The average molecular weight is 584 g/mol. The number of benzene rings is 3. The highest BCUT2D eigenvalue weighted by Gasteiger charge is 2.21. The summed E-state index contributed by atoms with van der Waals surface area (Å²) in [5.74, 6) is 0. The lowest BCUT2D eigenvalue weighted by atomic mass is 10.1. The van der Waals surface area contributed by atoms with Gasteiger partial charge >= 0.3 is 0 Å². The maximum atomic E-state index is 6.56. The van der Waals surface area contributed by atoms with Gasteiger partial charge in [-0.25, -0.2) is 9.67 Å². The lowest BCUT2D eigenvalue weighted by Gasteiger charge is -2.07. The third kappa shape index (κ3) is 4.98. The molecule has 170 valence electrons. The summed E-state index contributed by atoms with van der Waals surface area (Å²) in [6, 6.07) is 20.3. The van der Waals surface area contributed by atoms with Crippen molar-refractivity contribution in [3.05, 3.63) is 98.0 Å². The minimum absolute atomic E-state index is 0.517. The van der Waals surface area contributed by atoms with Gasteiger partial charge < -0.3 is 0 Å². The molecule has 0 fully saturated rings. The molecule has 0 unspecified atom stereocenters. The summed E-state index contributed by atoms with van der Waals surface area (Å²) in [6.07, 6.45) is 1.71. The van der Waals surface area contributed by atoms with E-state index >= 15 is 0 Å². The van der Waals surface area contributed by atoms with Crippen molar-refractivity contribution in [1.82, 2.24) is 14.8 Å². The molecule has 0 saturated heterocycles. The van der Waals surface area contributed by atoms with Gasteiger partial charge in [0, 0.05) is 31.1 Å². The van der Waals surface area contributed by atoms with Crippen molar-refractivity contribution >= 4 is 81.1 Å². The van der Waals surface area contributed by atoms with Crippen LogP contribution in [0.4, 0.5) is 0 Å². The Bertz CT molecular complexity index is 1500. The molecule has 34 heavy (non-hydrogen) atoms. The molecule has 10 heteroatoms. The van der Waals surface area contributed by atoms with Gasteiger partial charge in [-0.1, -0.05) is 81.1 Å². The van der Waals surface area contributed by atoms with Crippen molar-refractivity contribution in [3.63, 3.8) is 0 Å². The van der Waals surface area contributed by atoms with E-state index in [1.165, 1.54) is 11.3 Å². The molecule has 0 aliphatic rings. The van der Waals surface area contributed by atoms with Gasteiger partial charge in [0.2, 0.25) is 5.13 Å². The van der Waals surface area contributed by atoms with E-state index in [1.807, 2.05) is 42.5 Å². The van der Waals surface area contributed by atoms with Crippen LogP contribution in [0.25, 0.3) is 27.6 Å². The predicted octanol–water partition coefficient (Wildman–Crippen LogP) is 10.1. The summed E-state index contributed by atoms with van der Waals surface area (Å²) in [6.45, 7) is 0. The molecule has 0 bridgehead atoms. The Balaban J connectivity index is 1.64. The van der Waals surface area contributed by atoms with E-state index in [2.05, 4.69) is 5.10 Å². The highest BCUT2D eigenvalue weighted by molar-refractivity contribution is 8.01. The monoisotopic (exact) mass is 581 g/mol. The molecule has 2 aromatic heterocycles. The second-order valence-corrected chi connectivity index (χ2v) is 11.5. The fourth-order valence-electron chi connectivity index (χ4n) is 3.27. The number of halogens is 5. The standard InChI is InChI=1S/C24H12Cl5N3S2/c25-13-1-5-16(6-2-13)33-23-22(18-8-4-15(27)12-20(18)29)31-24(34-23)32-21(9-10-30-32)17-7-3-14(26)11-19(17)28/h1-12H. The normalized spacial score (nSPS) is 11.2. The molecule has 5 rings (SSSR count). The van der Waals surface area contributed by atoms with Crippen LogP contribution in [0.15, 0.2) is 82.0 Å². The first kappa shape index (κ1) is 24.0. The fraction of sp³-hybridized carbons (Fsp3) is 0. The zero-order chi connectivity index (χ0) is 23.8. The summed E-state index contributed by atoms with van der Waals surface area (Å²) >= 11 is 34.4. The summed E-state index contributed by atoms with van der Waals surface area (Å²) in [7, 11) is 0. The Morgan fingerprint density at radius 3 is 1.97 bits per heavy atom. The maximum absolute atomic E-state index is 6.56. The maximum Gasteiger partial charge on any atom is 0.212 e. The molecule has 0 amide bonds. The summed E-state index contributed by atoms with van der Waals surface area (Å²) in [5, 5.41) is 8.04. The largest absolute Gasteiger partial charge is 0.217 e. The summed E-state index contributed by atoms with van der Waals surface area (Å²) < 4.78 is 2.71. The molecule has 0 atom stereocenters. The molecule has 3 aromatic carbocycles. The van der Waals surface area contributed by atoms with Crippen LogP contribution in [-0.4, -0.2) is 14.8 Å². The predicted molar refractivity (Wildman–Crippen MR) is 146 cm³/mol. The van der Waals surface area contributed by atoms with Gasteiger partial charge in [-0.3, -0.25) is 0 Å². The van der Waals surface area contributed by atoms with Crippen molar-refractivity contribution in [1.29, 1.82) is 0 Å². The Morgan fingerprint density at radius 1 is 0.706 bits per heavy atom. The SMILES string of the molecule is Clc1ccc(Sc2sc(-n3nccc3-c3ccc(Cl)cc3Cl)nc2-c2ccc(Cl)cc2Cl)cc1. The number of rotatable bonds is 5. The molecular weight excluding hydrogens is 572 g/mol. The highest BCUT2D eigenvalue weighted by atomic mass is 35.5. The van der Waals surface area contributed by atoms with Crippen LogP contribution >= 0.6 is 81.1 Å². The highest BCUT2D eigenvalue weighted by Crippen LogP contribution is 2.44. The minimum atomic E-state index is 0.517. The summed E-state index contributed by atoms with van der Waals surface area (Å²) in [5.41, 5.74) is 3.12. The van der Waals surface area contributed by atoms with E-state index in [1.54, 1.807) is 46.9 Å². The van der Waals surface area contributed by atoms with Crippen molar-refractivity contribution in [2.24, 2.45) is 0 Å². The summed E-state index contributed by atoms with van der Waals surface area (Å²) in [4.78, 5) is 5.96. The molecule has 3 nitrogen and oxygen atoms in total.